The van der Waals surface area contributed by atoms with Gasteiger partial charge in [-0.25, -0.2) is 4.98 Å². The predicted octanol–water partition coefficient (Wildman–Crippen LogP) is 3.23. The van der Waals surface area contributed by atoms with Crippen LogP contribution >= 0.6 is 15.9 Å². The minimum absolute atomic E-state index is 0.129. The number of aromatic nitrogens is 2. The number of nitrogens with one attached hydrogen (secondary N) is 1. The van der Waals surface area contributed by atoms with Crippen molar-refractivity contribution in [2.75, 3.05) is 11.9 Å². The van der Waals surface area contributed by atoms with E-state index in [0.29, 0.717) is 17.7 Å². The molecule has 3 rings (SSSR count). The Bertz CT molecular complexity index is 986. The first-order valence-electron chi connectivity index (χ1n) is 7.07. The lowest BCUT2D eigenvalue weighted by atomic mass is 10.1. The summed E-state index contributed by atoms with van der Waals surface area (Å²) in [6.45, 7) is 0.469. The maximum atomic E-state index is 11.8. The molecule has 0 saturated carbocycles. The first-order valence-corrected chi connectivity index (χ1v) is 7.87. The van der Waals surface area contributed by atoms with Crippen LogP contribution in [0.2, 0.25) is 0 Å². The molecule has 0 aliphatic heterocycles. The molecule has 122 valence electrons. The van der Waals surface area contributed by atoms with Crippen LogP contribution in [0, 0.1) is 10.1 Å². The van der Waals surface area contributed by atoms with Gasteiger partial charge in [-0.1, -0.05) is 34.1 Å². The van der Waals surface area contributed by atoms with Crippen LogP contribution in [0.25, 0.3) is 10.9 Å². The maximum absolute atomic E-state index is 11.8. The number of aromatic amines is 1. The monoisotopic (exact) mass is 388 g/mol. The molecule has 2 aromatic carbocycles. The third kappa shape index (κ3) is 3.00. The van der Waals surface area contributed by atoms with Gasteiger partial charge in [-0.15, -0.1) is 0 Å². The number of fused-ring (bicyclic) bond motifs is 1. The third-order valence-electron chi connectivity index (χ3n) is 3.71. The first-order chi connectivity index (χ1) is 11.5. The highest BCUT2D eigenvalue weighted by atomic mass is 79.9. The summed E-state index contributed by atoms with van der Waals surface area (Å²) in [6.07, 6.45) is 1.29. The Labute approximate surface area is 145 Å². The molecule has 24 heavy (non-hydrogen) atoms. The van der Waals surface area contributed by atoms with Gasteiger partial charge in [0.2, 0.25) is 0 Å². The van der Waals surface area contributed by atoms with Crippen molar-refractivity contribution in [3.8, 4) is 0 Å². The largest absolute Gasteiger partial charge is 0.365 e. The molecule has 0 atom stereocenters. The van der Waals surface area contributed by atoms with Gasteiger partial charge in [-0.3, -0.25) is 14.9 Å². The van der Waals surface area contributed by atoms with Crippen LogP contribution < -0.4 is 10.5 Å². The van der Waals surface area contributed by atoms with E-state index in [9.17, 15) is 14.9 Å². The molecular formula is C16H13BrN4O3. The average molecular weight is 389 g/mol. The van der Waals surface area contributed by atoms with Crippen LogP contribution in [0.1, 0.15) is 5.56 Å². The molecule has 0 fully saturated rings. The molecule has 1 aromatic heterocycles. The highest BCUT2D eigenvalue weighted by Gasteiger charge is 2.20. The van der Waals surface area contributed by atoms with E-state index in [0.717, 1.165) is 10.0 Å². The molecule has 0 aliphatic carbocycles. The van der Waals surface area contributed by atoms with Crippen molar-refractivity contribution in [1.82, 2.24) is 9.97 Å². The van der Waals surface area contributed by atoms with Gasteiger partial charge in [0.15, 0.2) is 0 Å². The Hall–Kier alpha value is -2.74. The lowest BCUT2D eigenvalue weighted by Crippen LogP contribution is -2.18. The number of hydrogen-bond acceptors (Lipinski definition) is 5. The number of nitrogens with zero attached hydrogens (tertiary/aromatic N) is 3. The number of nitro benzene ring substituents is 1. The van der Waals surface area contributed by atoms with Crippen molar-refractivity contribution in [3.05, 3.63) is 73.2 Å². The second-order valence-corrected chi connectivity index (χ2v) is 6.15. The lowest BCUT2D eigenvalue weighted by molar-refractivity contribution is -0.384. The van der Waals surface area contributed by atoms with Crippen molar-refractivity contribution in [2.24, 2.45) is 0 Å². The van der Waals surface area contributed by atoms with Crippen molar-refractivity contribution in [1.29, 1.82) is 0 Å². The highest BCUT2D eigenvalue weighted by Crippen LogP contribution is 2.32. The molecule has 1 N–H and O–H groups in total. The zero-order valence-corrected chi connectivity index (χ0v) is 14.3. The summed E-state index contributed by atoms with van der Waals surface area (Å²) in [6, 6.07) is 10.5. The van der Waals surface area contributed by atoms with Gasteiger partial charge >= 0.3 is 0 Å². The van der Waals surface area contributed by atoms with Crippen LogP contribution in [0.3, 0.4) is 0 Å². The molecule has 0 amide bonds. The first kappa shape index (κ1) is 16.1. The van der Waals surface area contributed by atoms with E-state index in [1.807, 2.05) is 24.3 Å². The topological polar surface area (TPSA) is 92.1 Å². The molecule has 0 radical (unpaired) electrons. The summed E-state index contributed by atoms with van der Waals surface area (Å²) < 4.78 is 0.926. The second-order valence-electron chi connectivity index (χ2n) is 5.29. The minimum atomic E-state index is -0.488. The summed E-state index contributed by atoms with van der Waals surface area (Å²) in [5.41, 5.74) is 1.28. The SMILES string of the molecule is CN(Cc1ccccc1Br)c1cc2nc[nH]c(=O)c2cc1[N+](=O)[O-]. The molecule has 1 heterocycles. The molecule has 0 bridgehead atoms. The second kappa shape index (κ2) is 6.40. The molecule has 0 saturated heterocycles. The third-order valence-corrected chi connectivity index (χ3v) is 4.48. The lowest BCUT2D eigenvalue weighted by Gasteiger charge is -2.20. The van der Waals surface area contributed by atoms with Gasteiger partial charge in [0.25, 0.3) is 11.2 Å². The number of halogens is 1. The number of rotatable bonds is 4. The smallest absolute Gasteiger partial charge is 0.293 e. The van der Waals surface area contributed by atoms with Crippen LogP contribution in [0.5, 0.6) is 0 Å². The molecular weight excluding hydrogens is 376 g/mol. The van der Waals surface area contributed by atoms with E-state index in [-0.39, 0.29) is 11.1 Å². The summed E-state index contributed by atoms with van der Waals surface area (Å²) in [5.74, 6) is 0. The summed E-state index contributed by atoms with van der Waals surface area (Å²) >= 11 is 3.48. The zero-order chi connectivity index (χ0) is 17.3. The fraction of sp³-hybridized carbons (Fsp3) is 0.125. The van der Waals surface area contributed by atoms with Crippen molar-refractivity contribution in [3.63, 3.8) is 0 Å². The van der Waals surface area contributed by atoms with E-state index in [4.69, 9.17) is 0 Å². The van der Waals surface area contributed by atoms with Crippen LogP contribution in [-0.2, 0) is 6.54 Å². The Balaban J connectivity index is 2.10. The van der Waals surface area contributed by atoms with Gasteiger partial charge in [0, 0.05) is 24.1 Å². The molecule has 0 aliphatic rings. The van der Waals surface area contributed by atoms with Crippen molar-refractivity contribution in [2.45, 2.75) is 6.54 Å². The maximum Gasteiger partial charge on any atom is 0.293 e. The normalized spacial score (nSPS) is 10.8. The van der Waals surface area contributed by atoms with Gasteiger partial charge in [0.05, 0.1) is 22.2 Å². The van der Waals surface area contributed by atoms with E-state index >= 15 is 0 Å². The fourth-order valence-corrected chi connectivity index (χ4v) is 2.92. The number of hydrogen-bond donors (Lipinski definition) is 1. The Morgan fingerprint density at radius 2 is 2.08 bits per heavy atom. The van der Waals surface area contributed by atoms with Gasteiger partial charge in [-0.05, 0) is 17.7 Å². The van der Waals surface area contributed by atoms with E-state index < -0.39 is 10.5 Å². The molecule has 7 nitrogen and oxygen atoms in total. The zero-order valence-electron chi connectivity index (χ0n) is 12.7. The van der Waals surface area contributed by atoms with E-state index in [1.54, 1.807) is 18.0 Å². The van der Waals surface area contributed by atoms with Crippen molar-refractivity contribution < 1.29 is 4.92 Å². The summed E-state index contributed by atoms with van der Waals surface area (Å²) in [4.78, 5) is 31.1. The highest BCUT2D eigenvalue weighted by molar-refractivity contribution is 9.10. The van der Waals surface area contributed by atoms with Crippen molar-refractivity contribution >= 4 is 38.2 Å². The van der Waals surface area contributed by atoms with Gasteiger partial charge in [0.1, 0.15) is 5.69 Å². The van der Waals surface area contributed by atoms with Crippen LogP contribution in [0.15, 0.2) is 52.0 Å². The number of anilines is 1. The predicted molar refractivity (Wildman–Crippen MR) is 95.3 cm³/mol. The molecule has 3 aromatic rings. The van der Waals surface area contributed by atoms with Crippen LogP contribution in [0.4, 0.5) is 11.4 Å². The Morgan fingerprint density at radius 3 is 2.79 bits per heavy atom. The van der Waals surface area contributed by atoms with Crippen LogP contribution in [-0.4, -0.2) is 21.9 Å². The molecule has 0 spiro atoms. The Kier molecular flexibility index (Phi) is 4.30. The summed E-state index contributed by atoms with van der Waals surface area (Å²) in [5, 5.41) is 11.6. The number of H-pyrrole nitrogens is 1. The van der Waals surface area contributed by atoms with E-state index in [1.165, 1.54) is 12.4 Å². The molecule has 8 heteroatoms. The number of nitro groups is 1. The summed E-state index contributed by atoms with van der Waals surface area (Å²) in [7, 11) is 1.76. The van der Waals surface area contributed by atoms with E-state index in [2.05, 4.69) is 25.9 Å². The fourth-order valence-electron chi connectivity index (χ4n) is 2.51. The minimum Gasteiger partial charge on any atom is -0.365 e. The van der Waals surface area contributed by atoms with Gasteiger partial charge in [-0.2, -0.15) is 0 Å². The quantitative estimate of drug-likeness (QED) is 0.546. The van der Waals surface area contributed by atoms with Gasteiger partial charge < -0.3 is 9.88 Å². The standard InChI is InChI=1S/C16H13BrN4O3/c1-20(8-10-4-2-3-5-12(10)17)14-7-13-11(6-15(14)21(23)24)16(22)19-9-18-13/h2-7,9H,8H2,1H3,(H,18,19,22). The number of benzene rings is 2. The molecule has 0 unspecified atom stereocenters. The average Bonchev–Trinajstić information content (AvgIpc) is 2.56. The Morgan fingerprint density at radius 1 is 1.33 bits per heavy atom.